The first-order valence-electron chi connectivity index (χ1n) is 12.0. The molecule has 8 heteroatoms. The Morgan fingerprint density at radius 2 is 1.47 bits per heavy atom. The van der Waals surface area contributed by atoms with Crippen LogP contribution in [0.15, 0.2) is 89.8 Å². The Labute approximate surface area is 213 Å². The molecule has 0 bridgehead atoms. The maximum Gasteiger partial charge on any atom is 0.264 e. The van der Waals surface area contributed by atoms with Crippen molar-refractivity contribution >= 4 is 27.5 Å². The smallest absolute Gasteiger partial charge is 0.264 e. The van der Waals surface area contributed by atoms with Crippen LogP contribution in [-0.2, 0) is 26.0 Å². The molecule has 0 heterocycles. The summed E-state index contributed by atoms with van der Waals surface area (Å²) in [7, 11) is -4.04. The zero-order chi connectivity index (χ0) is 26.1. The summed E-state index contributed by atoms with van der Waals surface area (Å²) in [4.78, 5) is 28.0. The molecular weight excluding hydrogens is 474 g/mol. The molecule has 1 N–H and O–H groups in total. The normalized spacial score (nSPS) is 12.0. The number of nitrogens with one attached hydrogen (secondary N) is 1. The number of hydrogen-bond acceptors (Lipinski definition) is 4. The molecule has 0 aliphatic carbocycles. The summed E-state index contributed by atoms with van der Waals surface area (Å²) in [6.07, 6.45) is 0.534. The number of likely N-dealkylation sites (N-methyl/N-ethyl adjacent to an activating group) is 1. The monoisotopic (exact) mass is 507 g/mol. The van der Waals surface area contributed by atoms with Gasteiger partial charge < -0.3 is 10.2 Å². The van der Waals surface area contributed by atoms with E-state index in [0.717, 1.165) is 15.4 Å². The number of carbonyl (C=O) groups is 2. The molecular formula is C28H33N3O4S. The second kappa shape index (κ2) is 12.4. The highest BCUT2D eigenvalue weighted by Gasteiger charge is 2.32. The molecule has 1 unspecified atom stereocenters. The van der Waals surface area contributed by atoms with Crippen LogP contribution in [0.5, 0.6) is 0 Å². The van der Waals surface area contributed by atoms with Crippen molar-refractivity contribution in [2.45, 2.75) is 38.1 Å². The Bertz CT molecular complexity index is 1260. The zero-order valence-corrected chi connectivity index (χ0v) is 21.7. The highest BCUT2D eigenvalue weighted by Crippen LogP contribution is 2.27. The minimum Gasteiger partial charge on any atom is -0.355 e. The van der Waals surface area contributed by atoms with Gasteiger partial charge in [0, 0.05) is 13.1 Å². The average molecular weight is 508 g/mol. The molecule has 0 aliphatic rings. The van der Waals surface area contributed by atoms with Gasteiger partial charge in [0.15, 0.2) is 0 Å². The standard InChI is InChI=1S/C28H33N3O4S/c1-4-29-28(33)23(3)30(20-19-24-14-7-5-8-15-24)27(32)21-31(26-18-12-11-13-22(26)2)36(34,35)25-16-9-6-10-17-25/h5-18,23H,4,19-21H2,1-3H3,(H,29,33). The van der Waals surface area contributed by atoms with E-state index < -0.39 is 28.5 Å². The Kier molecular flexibility index (Phi) is 9.25. The van der Waals surface area contributed by atoms with Gasteiger partial charge in [-0.05, 0) is 56.5 Å². The summed E-state index contributed by atoms with van der Waals surface area (Å²) in [5.74, 6) is -0.736. The Hall–Kier alpha value is -3.65. The number of anilines is 1. The van der Waals surface area contributed by atoms with Gasteiger partial charge >= 0.3 is 0 Å². The number of hydrogen-bond donors (Lipinski definition) is 1. The summed E-state index contributed by atoms with van der Waals surface area (Å²) >= 11 is 0. The van der Waals surface area contributed by atoms with Crippen LogP contribution in [0.4, 0.5) is 5.69 Å². The molecule has 190 valence electrons. The number of amides is 2. The molecule has 3 aromatic rings. The van der Waals surface area contributed by atoms with Crippen LogP contribution in [0.1, 0.15) is 25.0 Å². The van der Waals surface area contributed by atoms with Crippen LogP contribution in [-0.4, -0.2) is 50.8 Å². The van der Waals surface area contributed by atoms with Gasteiger partial charge in [-0.1, -0.05) is 66.7 Å². The summed E-state index contributed by atoms with van der Waals surface area (Å²) in [6.45, 7) is 5.55. The third-order valence-electron chi connectivity index (χ3n) is 6.00. The van der Waals surface area contributed by atoms with Crippen LogP contribution in [0.3, 0.4) is 0 Å². The van der Waals surface area contributed by atoms with Gasteiger partial charge in [0.25, 0.3) is 10.0 Å². The fourth-order valence-electron chi connectivity index (χ4n) is 3.97. The number of rotatable bonds is 11. The highest BCUT2D eigenvalue weighted by atomic mass is 32.2. The quantitative estimate of drug-likeness (QED) is 0.428. The maximum absolute atomic E-state index is 13.7. The molecule has 3 rings (SSSR count). The van der Waals surface area contributed by atoms with E-state index in [-0.39, 0.29) is 17.3 Å². The first-order chi connectivity index (χ1) is 17.3. The third kappa shape index (κ3) is 6.51. The SMILES string of the molecule is CCNC(=O)C(C)N(CCc1ccccc1)C(=O)CN(c1ccccc1C)S(=O)(=O)c1ccccc1. The van der Waals surface area contributed by atoms with E-state index in [0.29, 0.717) is 18.7 Å². The molecule has 0 aromatic heterocycles. The molecule has 0 spiro atoms. The Morgan fingerprint density at radius 1 is 0.889 bits per heavy atom. The number of para-hydroxylation sites is 1. The van der Waals surface area contributed by atoms with Crippen molar-refractivity contribution in [1.82, 2.24) is 10.2 Å². The van der Waals surface area contributed by atoms with Gasteiger partial charge in [-0.3, -0.25) is 13.9 Å². The lowest BCUT2D eigenvalue weighted by molar-refractivity contribution is -0.138. The van der Waals surface area contributed by atoms with Gasteiger partial charge in [-0.15, -0.1) is 0 Å². The van der Waals surface area contributed by atoms with Crippen molar-refractivity contribution in [3.05, 3.63) is 96.1 Å². The Morgan fingerprint density at radius 3 is 2.08 bits per heavy atom. The van der Waals surface area contributed by atoms with Gasteiger partial charge in [0.1, 0.15) is 12.6 Å². The van der Waals surface area contributed by atoms with Crippen LogP contribution in [0.25, 0.3) is 0 Å². The Balaban J connectivity index is 1.97. The molecule has 3 aromatic carbocycles. The minimum atomic E-state index is -4.04. The second-order valence-electron chi connectivity index (χ2n) is 8.50. The van der Waals surface area contributed by atoms with E-state index in [1.807, 2.05) is 43.3 Å². The van der Waals surface area contributed by atoms with E-state index in [1.165, 1.54) is 17.0 Å². The largest absolute Gasteiger partial charge is 0.355 e. The lowest BCUT2D eigenvalue weighted by atomic mass is 10.1. The molecule has 0 fully saturated rings. The predicted molar refractivity (Wildman–Crippen MR) is 142 cm³/mol. The number of benzene rings is 3. The topological polar surface area (TPSA) is 86.8 Å². The summed E-state index contributed by atoms with van der Waals surface area (Å²) in [5, 5.41) is 2.76. The molecule has 0 radical (unpaired) electrons. The summed E-state index contributed by atoms with van der Waals surface area (Å²) < 4.78 is 28.5. The van der Waals surface area contributed by atoms with Crippen LogP contribution in [0.2, 0.25) is 0 Å². The van der Waals surface area contributed by atoms with Crippen LogP contribution >= 0.6 is 0 Å². The number of nitrogens with zero attached hydrogens (tertiary/aromatic N) is 2. The maximum atomic E-state index is 13.7. The average Bonchev–Trinajstić information content (AvgIpc) is 2.89. The fraction of sp³-hybridized carbons (Fsp3) is 0.286. The van der Waals surface area contributed by atoms with Crippen LogP contribution in [0, 0.1) is 6.92 Å². The van der Waals surface area contributed by atoms with Crippen molar-refractivity contribution in [3.8, 4) is 0 Å². The van der Waals surface area contributed by atoms with Crippen LogP contribution < -0.4 is 9.62 Å². The number of aryl methyl sites for hydroxylation is 1. The van der Waals surface area contributed by atoms with Gasteiger partial charge in [0.2, 0.25) is 11.8 Å². The summed E-state index contributed by atoms with van der Waals surface area (Å²) in [6, 6.07) is 24.0. The van der Waals surface area contributed by atoms with Crippen molar-refractivity contribution in [2.75, 3.05) is 23.9 Å². The molecule has 0 aliphatic heterocycles. The second-order valence-corrected chi connectivity index (χ2v) is 10.4. The highest BCUT2D eigenvalue weighted by molar-refractivity contribution is 7.92. The lowest BCUT2D eigenvalue weighted by Crippen LogP contribution is -2.52. The lowest BCUT2D eigenvalue weighted by Gasteiger charge is -2.32. The van der Waals surface area contributed by atoms with Crippen molar-refractivity contribution in [3.63, 3.8) is 0 Å². The first kappa shape index (κ1) is 26.9. The van der Waals surface area contributed by atoms with Crippen molar-refractivity contribution in [2.24, 2.45) is 0 Å². The first-order valence-corrected chi connectivity index (χ1v) is 13.4. The molecule has 36 heavy (non-hydrogen) atoms. The third-order valence-corrected chi connectivity index (χ3v) is 7.77. The predicted octanol–water partition coefficient (Wildman–Crippen LogP) is 3.79. The van der Waals surface area contributed by atoms with E-state index in [9.17, 15) is 18.0 Å². The zero-order valence-electron chi connectivity index (χ0n) is 20.9. The number of sulfonamides is 1. The number of carbonyl (C=O) groups excluding carboxylic acids is 2. The van der Waals surface area contributed by atoms with Gasteiger partial charge in [-0.25, -0.2) is 8.42 Å². The fourth-order valence-corrected chi connectivity index (χ4v) is 5.47. The van der Waals surface area contributed by atoms with Gasteiger partial charge in [-0.2, -0.15) is 0 Å². The molecule has 1 atom stereocenters. The van der Waals surface area contributed by atoms with E-state index in [2.05, 4.69) is 5.32 Å². The molecule has 0 saturated heterocycles. The minimum absolute atomic E-state index is 0.0914. The summed E-state index contributed by atoms with van der Waals surface area (Å²) in [5.41, 5.74) is 2.16. The molecule has 7 nitrogen and oxygen atoms in total. The molecule has 2 amide bonds. The van der Waals surface area contributed by atoms with Crippen molar-refractivity contribution in [1.29, 1.82) is 0 Å². The van der Waals surface area contributed by atoms with E-state index in [4.69, 9.17) is 0 Å². The van der Waals surface area contributed by atoms with E-state index in [1.54, 1.807) is 50.2 Å². The van der Waals surface area contributed by atoms with E-state index >= 15 is 0 Å². The van der Waals surface area contributed by atoms with Gasteiger partial charge in [0.05, 0.1) is 10.6 Å². The van der Waals surface area contributed by atoms with Crippen molar-refractivity contribution < 1.29 is 18.0 Å². The molecule has 0 saturated carbocycles.